The summed E-state index contributed by atoms with van der Waals surface area (Å²) in [6, 6.07) is 6.13. The maximum atomic E-state index is 12.6. The molecular formula is C22H26N2O4. The van der Waals surface area contributed by atoms with Crippen molar-refractivity contribution < 1.29 is 19.1 Å². The number of rotatable bonds is 6. The van der Waals surface area contributed by atoms with Gasteiger partial charge < -0.3 is 14.6 Å². The minimum atomic E-state index is -0.462. The van der Waals surface area contributed by atoms with Gasteiger partial charge in [-0.2, -0.15) is 0 Å². The van der Waals surface area contributed by atoms with Crippen LogP contribution in [0.2, 0.25) is 0 Å². The highest BCUT2D eigenvalue weighted by atomic mass is 16.5. The molecule has 1 aromatic heterocycles. The highest BCUT2D eigenvalue weighted by molar-refractivity contribution is 6.09. The monoisotopic (exact) mass is 382 g/mol. The first-order chi connectivity index (χ1) is 13.6. The van der Waals surface area contributed by atoms with Crippen molar-refractivity contribution in [1.82, 2.24) is 9.88 Å². The van der Waals surface area contributed by atoms with Crippen molar-refractivity contribution >= 4 is 28.6 Å². The maximum Gasteiger partial charge on any atom is 0.311 e. The van der Waals surface area contributed by atoms with Gasteiger partial charge in [0.05, 0.1) is 5.92 Å². The van der Waals surface area contributed by atoms with Crippen LogP contribution >= 0.6 is 0 Å². The third-order valence-corrected chi connectivity index (χ3v) is 6.09. The van der Waals surface area contributed by atoms with Gasteiger partial charge in [-0.05, 0) is 24.8 Å². The molecule has 1 saturated carbocycles. The summed E-state index contributed by atoms with van der Waals surface area (Å²) in [6.07, 6.45) is 7.06. The van der Waals surface area contributed by atoms with Gasteiger partial charge in [0.2, 0.25) is 11.7 Å². The first-order valence-electron chi connectivity index (χ1n) is 10.2. The second kappa shape index (κ2) is 7.78. The molecule has 28 heavy (non-hydrogen) atoms. The number of nitrogens with one attached hydrogen (secondary N) is 1. The van der Waals surface area contributed by atoms with E-state index in [0.717, 1.165) is 48.6 Å². The highest BCUT2D eigenvalue weighted by Gasteiger charge is 2.39. The lowest BCUT2D eigenvalue weighted by Gasteiger charge is -2.23. The quantitative estimate of drug-likeness (QED) is 0.614. The molecule has 1 atom stereocenters. The van der Waals surface area contributed by atoms with E-state index in [4.69, 9.17) is 4.74 Å². The predicted octanol–water partition coefficient (Wildman–Crippen LogP) is 3.25. The summed E-state index contributed by atoms with van der Waals surface area (Å²) in [4.78, 5) is 42.3. The van der Waals surface area contributed by atoms with E-state index < -0.39 is 11.9 Å². The standard InChI is InChI=1S/C22H26N2O4/c1-2-14-6-5-9-17-18(11-23-21(14)17)19(25)13-28-22(27)15-10-20(26)24(12-15)16-7-3-4-8-16/h5-6,9,11,15-16,23H,2-4,7-8,10,12-13H2,1H3/t15-/m0/s1. The molecule has 0 spiro atoms. The van der Waals surface area contributed by atoms with E-state index in [-0.39, 0.29) is 30.8 Å². The number of carbonyl (C=O) groups excluding carboxylic acids is 3. The van der Waals surface area contributed by atoms with Crippen LogP contribution < -0.4 is 0 Å². The number of aryl methyl sites for hydroxylation is 1. The van der Waals surface area contributed by atoms with E-state index in [9.17, 15) is 14.4 Å². The van der Waals surface area contributed by atoms with Crippen LogP contribution in [0.3, 0.4) is 0 Å². The predicted molar refractivity (Wildman–Crippen MR) is 105 cm³/mol. The van der Waals surface area contributed by atoms with Crippen LogP contribution in [-0.2, 0) is 20.7 Å². The minimum absolute atomic E-state index is 0.0314. The van der Waals surface area contributed by atoms with Crippen LogP contribution in [0, 0.1) is 5.92 Å². The molecule has 1 amide bonds. The Morgan fingerprint density at radius 3 is 2.79 bits per heavy atom. The molecule has 0 unspecified atom stereocenters. The van der Waals surface area contributed by atoms with Crippen molar-refractivity contribution in [2.24, 2.45) is 5.92 Å². The Labute approximate surface area is 164 Å². The van der Waals surface area contributed by atoms with Crippen LogP contribution in [0.15, 0.2) is 24.4 Å². The number of aromatic amines is 1. The number of nitrogens with zero attached hydrogens (tertiary/aromatic N) is 1. The number of amides is 1. The fourth-order valence-electron chi connectivity index (χ4n) is 4.53. The Kier molecular flexibility index (Phi) is 5.20. The topological polar surface area (TPSA) is 79.5 Å². The number of esters is 1. The summed E-state index contributed by atoms with van der Waals surface area (Å²) in [5, 5.41) is 0.851. The molecule has 1 N–H and O–H groups in total. The molecule has 2 heterocycles. The third kappa shape index (κ3) is 3.43. The molecule has 2 aromatic rings. The van der Waals surface area contributed by atoms with Crippen molar-refractivity contribution in [1.29, 1.82) is 0 Å². The van der Waals surface area contributed by atoms with Crippen molar-refractivity contribution in [3.05, 3.63) is 35.5 Å². The Morgan fingerprint density at radius 1 is 1.25 bits per heavy atom. The van der Waals surface area contributed by atoms with Crippen LogP contribution in [0.1, 0.15) is 54.9 Å². The fourth-order valence-corrected chi connectivity index (χ4v) is 4.53. The van der Waals surface area contributed by atoms with E-state index >= 15 is 0 Å². The van der Waals surface area contributed by atoms with Gasteiger partial charge in [0, 0.05) is 41.7 Å². The number of likely N-dealkylation sites (tertiary alicyclic amines) is 1. The number of para-hydroxylation sites is 1. The first-order valence-corrected chi connectivity index (χ1v) is 10.2. The summed E-state index contributed by atoms with van der Waals surface area (Å²) < 4.78 is 5.30. The number of H-pyrrole nitrogens is 1. The summed E-state index contributed by atoms with van der Waals surface area (Å²) in [5.41, 5.74) is 2.63. The summed E-state index contributed by atoms with van der Waals surface area (Å²) in [5.74, 6) is -1.11. The van der Waals surface area contributed by atoms with Gasteiger partial charge >= 0.3 is 5.97 Å². The molecule has 6 heteroatoms. The molecule has 1 aliphatic heterocycles. The highest BCUT2D eigenvalue weighted by Crippen LogP contribution is 2.30. The zero-order valence-corrected chi connectivity index (χ0v) is 16.2. The number of hydrogen-bond acceptors (Lipinski definition) is 4. The Bertz CT molecular complexity index is 910. The lowest BCUT2D eigenvalue weighted by molar-refractivity contribution is -0.147. The van der Waals surface area contributed by atoms with Gasteiger partial charge in [-0.1, -0.05) is 38.0 Å². The zero-order valence-electron chi connectivity index (χ0n) is 16.2. The van der Waals surface area contributed by atoms with Crippen molar-refractivity contribution in [2.45, 2.75) is 51.5 Å². The molecule has 1 saturated heterocycles. The molecule has 1 aromatic carbocycles. The minimum Gasteiger partial charge on any atom is -0.457 e. The Morgan fingerprint density at radius 2 is 2.04 bits per heavy atom. The zero-order chi connectivity index (χ0) is 19.7. The Hall–Kier alpha value is -2.63. The maximum absolute atomic E-state index is 12.6. The van der Waals surface area contributed by atoms with E-state index in [1.807, 2.05) is 23.1 Å². The number of aromatic nitrogens is 1. The molecule has 148 valence electrons. The van der Waals surface area contributed by atoms with Gasteiger partial charge in [0.15, 0.2) is 6.61 Å². The van der Waals surface area contributed by atoms with E-state index in [2.05, 4.69) is 11.9 Å². The van der Waals surface area contributed by atoms with E-state index in [1.54, 1.807) is 6.20 Å². The molecule has 0 bridgehead atoms. The summed E-state index contributed by atoms with van der Waals surface area (Å²) in [7, 11) is 0. The van der Waals surface area contributed by atoms with Crippen molar-refractivity contribution in [2.75, 3.05) is 13.2 Å². The Balaban J connectivity index is 1.37. The molecule has 6 nitrogen and oxygen atoms in total. The lowest BCUT2D eigenvalue weighted by Crippen LogP contribution is -2.35. The molecule has 0 radical (unpaired) electrons. The van der Waals surface area contributed by atoms with Crippen LogP contribution in [-0.4, -0.2) is 46.7 Å². The van der Waals surface area contributed by atoms with E-state index in [1.165, 1.54) is 0 Å². The SMILES string of the molecule is CCc1cccc2c(C(=O)COC(=O)[C@H]3CC(=O)N(C4CCCC4)C3)c[nH]c12. The normalized spacial score (nSPS) is 20.2. The number of hydrogen-bond donors (Lipinski definition) is 1. The second-order valence-corrected chi connectivity index (χ2v) is 7.81. The van der Waals surface area contributed by atoms with Crippen LogP contribution in [0.4, 0.5) is 0 Å². The summed E-state index contributed by atoms with van der Waals surface area (Å²) in [6.45, 7) is 2.19. The number of benzene rings is 1. The lowest BCUT2D eigenvalue weighted by atomic mass is 10.1. The number of ether oxygens (including phenoxy) is 1. The van der Waals surface area contributed by atoms with Gasteiger partial charge in [-0.3, -0.25) is 14.4 Å². The van der Waals surface area contributed by atoms with E-state index in [0.29, 0.717) is 12.1 Å². The van der Waals surface area contributed by atoms with Crippen LogP contribution in [0.5, 0.6) is 0 Å². The molecule has 2 aliphatic rings. The first kappa shape index (κ1) is 18.7. The molecular weight excluding hydrogens is 356 g/mol. The van der Waals surface area contributed by atoms with Gasteiger partial charge in [0.25, 0.3) is 0 Å². The number of fused-ring (bicyclic) bond motifs is 1. The fraction of sp³-hybridized carbons (Fsp3) is 0.500. The molecule has 2 fully saturated rings. The smallest absolute Gasteiger partial charge is 0.311 e. The van der Waals surface area contributed by atoms with Crippen LogP contribution in [0.25, 0.3) is 10.9 Å². The third-order valence-electron chi connectivity index (χ3n) is 6.09. The van der Waals surface area contributed by atoms with Gasteiger partial charge in [0.1, 0.15) is 0 Å². The largest absolute Gasteiger partial charge is 0.457 e. The van der Waals surface area contributed by atoms with Gasteiger partial charge in [-0.15, -0.1) is 0 Å². The second-order valence-electron chi connectivity index (χ2n) is 7.81. The average Bonchev–Trinajstić information content (AvgIpc) is 3.44. The van der Waals surface area contributed by atoms with Crippen molar-refractivity contribution in [3.63, 3.8) is 0 Å². The van der Waals surface area contributed by atoms with Gasteiger partial charge in [-0.25, -0.2) is 0 Å². The number of Topliss-reactive ketones (excluding diaryl/α,β-unsaturated/α-hetero) is 1. The number of carbonyl (C=O) groups is 3. The number of ketones is 1. The van der Waals surface area contributed by atoms with Crippen molar-refractivity contribution in [3.8, 4) is 0 Å². The molecule has 1 aliphatic carbocycles. The molecule has 4 rings (SSSR count). The summed E-state index contributed by atoms with van der Waals surface area (Å²) >= 11 is 0. The average molecular weight is 382 g/mol.